The summed E-state index contributed by atoms with van der Waals surface area (Å²) in [5, 5.41) is 2.46. The van der Waals surface area contributed by atoms with Gasteiger partial charge in [0, 0.05) is 42.0 Å². The Bertz CT molecular complexity index is 1560. The highest BCUT2D eigenvalue weighted by molar-refractivity contribution is 6.67. The van der Waals surface area contributed by atoms with Crippen molar-refractivity contribution >= 4 is 40.0 Å². The first kappa shape index (κ1) is 18.6. The van der Waals surface area contributed by atoms with Gasteiger partial charge in [-0.3, -0.25) is 4.57 Å². The van der Waals surface area contributed by atoms with E-state index in [1.807, 2.05) is 42.3 Å². The number of benzene rings is 3. The van der Waals surface area contributed by atoms with Crippen molar-refractivity contribution in [1.29, 1.82) is 0 Å². The van der Waals surface area contributed by atoms with Crippen LogP contribution in [-0.2, 0) is 7.05 Å². The molecule has 4 nitrogen and oxygen atoms in total. The average molecular weight is 411 g/mol. The van der Waals surface area contributed by atoms with E-state index in [0.717, 1.165) is 39.2 Å². The zero-order valence-corrected chi connectivity index (χ0v) is 17.7. The van der Waals surface area contributed by atoms with Crippen molar-refractivity contribution < 1.29 is 0 Å². The lowest BCUT2D eigenvalue weighted by Gasteiger charge is -2.08. The van der Waals surface area contributed by atoms with E-state index < -0.39 is 0 Å². The lowest BCUT2D eigenvalue weighted by molar-refractivity contribution is 0.925. The quantitative estimate of drug-likeness (QED) is 0.407. The minimum absolute atomic E-state index is 0.924. The first-order valence-electron chi connectivity index (χ1n) is 10.6. The average Bonchev–Trinajstić information content (AvgIpc) is 3.40. The van der Waals surface area contributed by atoms with E-state index in [0.29, 0.717) is 0 Å². The van der Waals surface area contributed by atoms with Gasteiger partial charge in [0.2, 0.25) is 0 Å². The third kappa shape index (κ3) is 3.10. The molecule has 0 N–H and O–H groups in total. The standard InChI is InChI=1S/C27H20BN4/c1-31-16-15-30-27(31)19-7-6-8-20(17-19)28-21-12-13-23-22-9-2-3-10-24(22)32(25(23)18-21)26-11-4-5-14-29-26/h2-18H,1H3. The van der Waals surface area contributed by atoms with Crippen LogP contribution in [0.5, 0.6) is 0 Å². The summed E-state index contributed by atoms with van der Waals surface area (Å²) in [5.74, 6) is 1.89. The molecule has 0 aliphatic carbocycles. The van der Waals surface area contributed by atoms with Crippen LogP contribution < -0.4 is 10.9 Å². The number of aryl methyl sites for hydroxylation is 1. The predicted molar refractivity (Wildman–Crippen MR) is 132 cm³/mol. The summed E-state index contributed by atoms with van der Waals surface area (Å²) < 4.78 is 4.28. The van der Waals surface area contributed by atoms with Crippen LogP contribution in [0.15, 0.2) is 104 Å². The van der Waals surface area contributed by atoms with E-state index in [9.17, 15) is 0 Å². The summed E-state index contributed by atoms with van der Waals surface area (Å²) in [6.07, 6.45) is 5.64. The molecule has 6 rings (SSSR count). The van der Waals surface area contributed by atoms with Crippen LogP contribution in [0.2, 0.25) is 0 Å². The van der Waals surface area contributed by atoms with Gasteiger partial charge >= 0.3 is 0 Å². The number of imidazole rings is 1. The number of hydrogen-bond donors (Lipinski definition) is 0. The maximum atomic E-state index is 4.63. The summed E-state index contributed by atoms with van der Waals surface area (Å²) in [6, 6.07) is 29.7. The second-order valence-electron chi connectivity index (χ2n) is 7.95. The second-order valence-corrected chi connectivity index (χ2v) is 7.95. The lowest BCUT2D eigenvalue weighted by Crippen LogP contribution is -2.27. The summed E-state index contributed by atoms with van der Waals surface area (Å²) in [5.41, 5.74) is 5.71. The number of pyridine rings is 1. The van der Waals surface area contributed by atoms with Crippen LogP contribution >= 0.6 is 0 Å². The molecule has 0 saturated carbocycles. The third-order valence-electron chi connectivity index (χ3n) is 5.88. The van der Waals surface area contributed by atoms with Gasteiger partial charge < -0.3 is 4.57 Å². The molecule has 5 heteroatoms. The molecule has 32 heavy (non-hydrogen) atoms. The Morgan fingerprint density at radius 1 is 0.688 bits per heavy atom. The molecule has 3 aromatic carbocycles. The molecule has 151 valence electrons. The van der Waals surface area contributed by atoms with Gasteiger partial charge in [0.05, 0.1) is 11.0 Å². The molecule has 0 bridgehead atoms. The highest BCUT2D eigenvalue weighted by atomic mass is 15.1. The molecule has 0 fully saturated rings. The van der Waals surface area contributed by atoms with Crippen molar-refractivity contribution in [3.05, 3.63) is 104 Å². The number of rotatable bonds is 4. The number of fused-ring (bicyclic) bond motifs is 3. The van der Waals surface area contributed by atoms with Crippen molar-refractivity contribution in [2.45, 2.75) is 0 Å². The number of hydrogen-bond acceptors (Lipinski definition) is 2. The van der Waals surface area contributed by atoms with Gasteiger partial charge in [-0.15, -0.1) is 0 Å². The molecule has 3 aromatic heterocycles. The Morgan fingerprint density at radius 2 is 1.53 bits per heavy atom. The minimum Gasteiger partial charge on any atom is -0.334 e. The first-order valence-corrected chi connectivity index (χ1v) is 10.6. The van der Waals surface area contributed by atoms with Gasteiger partial charge in [-0.1, -0.05) is 71.6 Å². The van der Waals surface area contributed by atoms with E-state index in [2.05, 4.69) is 94.6 Å². The van der Waals surface area contributed by atoms with Gasteiger partial charge in [-0.25, -0.2) is 9.97 Å². The fourth-order valence-corrected chi connectivity index (χ4v) is 4.41. The molecule has 0 spiro atoms. The largest absolute Gasteiger partial charge is 0.334 e. The highest BCUT2D eigenvalue weighted by Crippen LogP contribution is 2.30. The fraction of sp³-hybridized carbons (Fsp3) is 0.0370. The van der Waals surface area contributed by atoms with E-state index in [1.165, 1.54) is 10.8 Å². The molecule has 1 radical (unpaired) electrons. The van der Waals surface area contributed by atoms with Gasteiger partial charge in [-0.2, -0.15) is 0 Å². The lowest BCUT2D eigenvalue weighted by atomic mass is 9.63. The number of nitrogens with zero attached hydrogens (tertiary/aromatic N) is 4. The molecule has 0 unspecified atom stereocenters. The zero-order chi connectivity index (χ0) is 21.5. The predicted octanol–water partition coefficient (Wildman–Crippen LogP) is 4.23. The Morgan fingerprint density at radius 3 is 2.38 bits per heavy atom. The van der Waals surface area contributed by atoms with Gasteiger partial charge in [0.15, 0.2) is 7.28 Å². The summed E-state index contributed by atoms with van der Waals surface area (Å²) in [4.78, 5) is 9.11. The maximum absolute atomic E-state index is 4.63. The number of aromatic nitrogens is 4. The van der Waals surface area contributed by atoms with Crippen molar-refractivity contribution in [3.63, 3.8) is 0 Å². The van der Waals surface area contributed by atoms with E-state index in [4.69, 9.17) is 0 Å². The Labute approximate surface area is 187 Å². The van der Waals surface area contributed by atoms with Crippen LogP contribution in [0.25, 0.3) is 39.0 Å². The van der Waals surface area contributed by atoms with Gasteiger partial charge in [0.1, 0.15) is 11.6 Å². The molecule has 3 heterocycles. The second kappa shape index (κ2) is 7.54. The van der Waals surface area contributed by atoms with Gasteiger partial charge in [-0.05, 0) is 24.3 Å². The summed E-state index contributed by atoms with van der Waals surface area (Å²) in [7, 11) is 4.23. The third-order valence-corrected chi connectivity index (χ3v) is 5.88. The van der Waals surface area contributed by atoms with Crippen LogP contribution in [-0.4, -0.2) is 26.4 Å². The van der Waals surface area contributed by atoms with Crippen LogP contribution in [0.4, 0.5) is 0 Å². The molecule has 0 aliphatic rings. The topological polar surface area (TPSA) is 35.6 Å². The van der Waals surface area contributed by atoms with Crippen LogP contribution in [0.1, 0.15) is 0 Å². The van der Waals surface area contributed by atoms with Crippen LogP contribution in [0, 0.1) is 0 Å². The SMILES string of the molecule is Cn1ccnc1-c1cccc([B]c2ccc3c4ccccc4n(-c4ccccn4)c3c2)c1. The molecular weight excluding hydrogens is 391 g/mol. The van der Waals surface area contributed by atoms with Crippen molar-refractivity contribution in [2.75, 3.05) is 0 Å². The van der Waals surface area contributed by atoms with Crippen molar-refractivity contribution in [2.24, 2.45) is 7.05 Å². The smallest absolute Gasteiger partial charge is 0.191 e. The molecule has 0 saturated heterocycles. The summed E-state index contributed by atoms with van der Waals surface area (Å²) >= 11 is 0. The maximum Gasteiger partial charge on any atom is 0.191 e. The molecule has 6 aromatic rings. The fourth-order valence-electron chi connectivity index (χ4n) is 4.41. The number of para-hydroxylation sites is 1. The molecular formula is C27H20BN4. The molecule has 0 amide bonds. The molecule has 0 atom stereocenters. The Hall–Kier alpha value is -4.12. The van der Waals surface area contributed by atoms with E-state index >= 15 is 0 Å². The van der Waals surface area contributed by atoms with Gasteiger partial charge in [0.25, 0.3) is 0 Å². The summed E-state index contributed by atoms with van der Waals surface area (Å²) in [6.45, 7) is 0. The van der Waals surface area contributed by atoms with Crippen molar-refractivity contribution in [3.8, 4) is 17.2 Å². The van der Waals surface area contributed by atoms with E-state index in [-0.39, 0.29) is 0 Å². The Balaban J connectivity index is 1.47. The van der Waals surface area contributed by atoms with Crippen molar-refractivity contribution in [1.82, 2.24) is 19.1 Å². The van der Waals surface area contributed by atoms with E-state index in [1.54, 1.807) is 0 Å². The minimum atomic E-state index is 0.924. The highest BCUT2D eigenvalue weighted by Gasteiger charge is 2.14. The molecule has 0 aliphatic heterocycles. The monoisotopic (exact) mass is 411 g/mol. The van der Waals surface area contributed by atoms with Crippen LogP contribution in [0.3, 0.4) is 0 Å². The normalized spacial score (nSPS) is 11.3. The zero-order valence-electron chi connectivity index (χ0n) is 17.7. The Kier molecular flexibility index (Phi) is 4.39. The first-order chi connectivity index (χ1) is 15.8.